The van der Waals surface area contributed by atoms with Crippen molar-refractivity contribution in [1.29, 1.82) is 0 Å². The summed E-state index contributed by atoms with van der Waals surface area (Å²) in [5.41, 5.74) is 2.94. The van der Waals surface area contributed by atoms with Crippen molar-refractivity contribution in [1.82, 2.24) is 4.90 Å². The van der Waals surface area contributed by atoms with Gasteiger partial charge in [-0.2, -0.15) is 0 Å². The van der Waals surface area contributed by atoms with E-state index in [-0.39, 0.29) is 11.5 Å². The molecule has 2 heterocycles. The van der Waals surface area contributed by atoms with Gasteiger partial charge < -0.3 is 15.0 Å². The van der Waals surface area contributed by atoms with Crippen LogP contribution in [0.4, 0.5) is 5.69 Å². The molecule has 1 aromatic carbocycles. The highest BCUT2D eigenvalue weighted by Crippen LogP contribution is 2.25. The molecule has 0 atom stereocenters. The predicted octanol–water partition coefficient (Wildman–Crippen LogP) is 1.91. The van der Waals surface area contributed by atoms with Gasteiger partial charge in [0.05, 0.1) is 12.2 Å². The van der Waals surface area contributed by atoms with Crippen LogP contribution in [0, 0.1) is 0 Å². The van der Waals surface area contributed by atoms with Crippen LogP contribution in [0.2, 0.25) is 0 Å². The summed E-state index contributed by atoms with van der Waals surface area (Å²) in [5.74, 6) is 0.105. The van der Waals surface area contributed by atoms with Crippen molar-refractivity contribution in [2.45, 2.75) is 25.9 Å². The largest absolute Gasteiger partial charge is 0.384 e. The highest BCUT2D eigenvalue weighted by molar-refractivity contribution is 5.95. The third-order valence-corrected chi connectivity index (χ3v) is 3.78. The van der Waals surface area contributed by atoms with Gasteiger partial charge in [0, 0.05) is 30.9 Å². The Bertz CT molecular complexity index is 511. The summed E-state index contributed by atoms with van der Waals surface area (Å²) in [7, 11) is 0. The Balaban J connectivity index is 1.80. The third kappa shape index (κ3) is 2.45. The number of anilines is 1. The van der Waals surface area contributed by atoms with Crippen LogP contribution < -0.4 is 5.32 Å². The quantitative estimate of drug-likeness (QED) is 0.838. The lowest BCUT2D eigenvalue weighted by molar-refractivity contribution is -0.0764. The summed E-state index contributed by atoms with van der Waals surface area (Å²) in [6.45, 7) is 6.95. The Kier molecular flexibility index (Phi) is 2.97. The van der Waals surface area contributed by atoms with Crippen molar-refractivity contribution in [2.24, 2.45) is 0 Å². The molecule has 1 aromatic rings. The maximum absolute atomic E-state index is 12.5. The lowest BCUT2D eigenvalue weighted by Gasteiger charge is -2.38. The van der Waals surface area contributed by atoms with Gasteiger partial charge in [-0.05, 0) is 38.0 Å². The molecule has 1 saturated heterocycles. The zero-order chi connectivity index (χ0) is 13.5. The van der Waals surface area contributed by atoms with Gasteiger partial charge in [-0.3, -0.25) is 4.79 Å². The lowest BCUT2D eigenvalue weighted by Crippen LogP contribution is -2.50. The van der Waals surface area contributed by atoms with E-state index in [9.17, 15) is 4.79 Å². The second-order valence-electron chi connectivity index (χ2n) is 5.88. The molecule has 0 spiro atoms. The molecule has 1 N–H and O–H groups in total. The second-order valence-corrected chi connectivity index (χ2v) is 5.88. The molecule has 1 fully saturated rings. The Morgan fingerprint density at radius 3 is 3.05 bits per heavy atom. The average Bonchev–Trinajstić information content (AvgIpc) is 2.83. The molecule has 0 bridgehead atoms. The molecule has 19 heavy (non-hydrogen) atoms. The van der Waals surface area contributed by atoms with Gasteiger partial charge in [-0.25, -0.2) is 0 Å². The van der Waals surface area contributed by atoms with Crippen LogP contribution >= 0.6 is 0 Å². The van der Waals surface area contributed by atoms with Crippen molar-refractivity contribution >= 4 is 11.6 Å². The number of benzene rings is 1. The van der Waals surface area contributed by atoms with Crippen molar-refractivity contribution in [3.05, 3.63) is 29.3 Å². The van der Waals surface area contributed by atoms with Gasteiger partial charge in [0.15, 0.2) is 0 Å². The molecule has 2 aliphatic rings. The van der Waals surface area contributed by atoms with E-state index in [4.69, 9.17) is 4.74 Å². The number of carbonyl (C=O) groups excluding carboxylic acids is 1. The summed E-state index contributed by atoms with van der Waals surface area (Å²) in [6.07, 6.45) is 1.05. The summed E-state index contributed by atoms with van der Waals surface area (Å²) in [4.78, 5) is 14.4. The normalized spacial score (nSPS) is 20.8. The molecular weight excluding hydrogens is 240 g/mol. The van der Waals surface area contributed by atoms with Crippen LogP contribution in [0.15, 0.2) is 18.2 Å². The minimum atomic E-state index is -0.247. The standard InChI is InChI=1S/C15H20N2O2/c1-15(2)10-17(7-8-19-15)14(18)12-4-3-11-5-6-16-13(11)9-12/h3-4,9,16H,5-8,10H2,1-2H3. The van der Waals surface area contributed by atoms with Crippen molar-refractivity contribution in [3.8, 4) is 0 Å². The number of amides is 1. The van der Waals surface area contributed by atoms with Gasteiger partial charge in [0.1, 0.15) is 0 Å². The Labute approximate surface area is 113 Å². The first-order valence-corrected chi connectivity index (χ1v) is 6.85. The molecule has 0 aromatic heterocycles. The fourth-order valence-electron chi connectivity index (χ4n) is 2.80. The smallest absolute Gasteiger partial charge is 0.254 e. The molecule has 4 heteroatoms. The predicted molar refractivity (Wildman–Crippen MR) is 74.6 cm³/mol. The van der Waals surface area contributed by atoms with Crippen molar-refractivity contribution < 1.29 is 9.53 Å². The zero-order valence-corrected chi connectivity index (χ0v) is 11.5. The highest BCUT2D eigenvalue weighted by Gasteiger charge is 2.30. The van der Waals surface area contributed by atoms with E-state index >= 15 is 0 Å². The van der Waals surface area contributed by atoms with Gasteiger partial charge in [0.2, 0.25) is 0 Å². The number of hydrogen-bond donors (Lipinski definition) is 1. The Hall–Kier alpha value is -1.55. The van der Waals surface area contributed by atoms with Gasteiger partial charge in [-0.15, -0.1) is 0 Å². The number of nitrogens with one attached hydrogen (secondary N) is 1. The van der Waals surface area contributed by atoms with E-state index in [1.54, 1.807) is 0 Å². The summed E-state index contributed by atoms with van der Waals surface area (Å²) in [6, 6.07) is 5.98. The minimum Gasteiger partial charge on any atom is -0.384 e. The zero-order valence-electron chi connectivity index (χ0n) is 11.5. The minimum absolute atomic E-state index is 0.105. The third-order valence-electron chi connectivity index (χ3n) is 3.78. The maximum Gasteiger partial charge on any atom is 0.254 e. The number of rotatable bonds is 1. The molecule has 4 nitrogen and oxygen atoms in total. The summed E-state index contributed by atoms with van der Waals surface area (Å²) in [5, 5.41) is 3.32. The van der Waals surface area contributed by atoms with Crippen LogP contribution in [-0.2, 0) is 11.2 Å². The second kappa shape index (κ2) is 4.53. The van der Waals surface area contributed by atoms with E-state index in [0.717, 1.165) is 24.2 Å². The van der Waals surface area contributed by atoms with E-state index in [1.807, 2.05) is 30.9 Å². The molecule has 1 amide bonds. The van der Waals surface area contributed by atoms with Crippen molar-refractivity contribution in [2.75, 3.05) is 31.6 Å². The van der Waals surface area contributed by atoms with Crippen molar-refractivity contribution in [3.63, 3.8) is 0 Å². The molecule has 0 unspecified atom stereocenters. The van der Waals surface area contributed by atoms with E-state index in [2.05, 4.69) is 11.4 Å². The van der Waals surface area contributed by atoms with Gasteiger partial charge >= 0.3 is 0 Å². The number of ether oxygens (including phenoxy) is 1. The number of carbonyl (C=O) groups is 1. The van der Waals surface area contributed by atoms with Crippen LogP contribution in [0.1, 0.15) is 29.8 Å². The number of nitrogens with zero attached hydrogens (tertiary/aromatic N) is 1. The van der Waals surface area contributed by atoms with Gasteiger partial charge in [-0.1, -0.05) is 6.07 Å². The van der Waals surface area contributed by atoms with E-state index < -0.39 is 0 Å². The fraction of sp³-hybridized carbons (Fsp3) is 0.533. The molecule has 2 aliphatic heterocycles. The van der Waals surface area contributed by atoms with Crippen LogP contribution in [0.5, 0.6) is 0 Å². The first-order valence-electron chi connectivity index (χ1n) is 6.85. The average molecular weight is 260 g/mol. The molecular formula is C15H20N2O2. The first kappa shape index (κ1) is 12.5. The fourth-order valence-corrected chi connectivity index (χ4v) is 2.80. The molecule has 3 rings (SSSR count). The van der Waals surface area contributed by atoms with Gasteiger partial charge in [0.25, 0.3) is 5.91 Å². The monoisotopic (exact) mass is 260 g/mol. The number of fused-ring (bicyclic) bond motifs is 1. The summed E-state index contributed by atoms with van der Waals surface area (Å²) >= 11 is 0. The molecule has 0 saturated carbocycles. The van der Waals surface area contributed by atoms with Crippen LogP contribution in [0.3, 0.4) is 0 Å². The summed E-state index contributed by atoms with van der Waals surface area (Å²) < 4.78 is 5.65. The van der Waals surface area contributed by atoms with E-state index in [1.165, 1.54) is 5.56 Å². The Morgan fingerprint density at radius 1 is 1.42 bits per heavy atom. The van der Waals surface area contributed by atoms with Crippen LogP contribution in [-0.4, -0.2) is 42.6 Å². The topological polar surface area (TPSA) is 41.6 Å². The SMILES string of the molecule is CC1(C)CN(C(=O)c2ccc3c(c2)NCC3)CCO1. The highest BCUT2D eigenvalue weighted by atomic mass is 16.5. The van der Waals surface area contributed by atoms with E-state index in [0.29, 0.717) is 19.7 Å². The maximum atomic E-state index is 12.5. The molecule has 0 radical (unpaired) electrons. The Morgan fingerprint density at radius 2 is 2.26 bits per heavy atom. The number of hydrogen-bond acceptors (Lipinski definition) is 3. The molecule has 0 aliphatic carbocycles. The molecule has 102 valence electrons. The van der Waals surface area contributed by atoms with Crippen LogP contribution in [0.25, 0.3) is 0 Å². The number of morpholine rings is 1. The first-order chi connectivity index (χ1) is 9.05. The lowest BCUT2D eigenvalue weighted by atomic mass is 10.0.